The first-order chi connectivity index (χ1) is 6.86. The summed E-state index contributed by atoms with van der Waals surface area (Å²) >= 11 is 0. The predicted octanol–water partition coefficient (Wildman–Crippen LogP) is 0.328. The van der Waals surface area contributed by atoms with Gasteiger partial charge in [0.2, 0.25) is 0 Å². The lowest BCUT2D eigenvalue weighted by Gasteiger charge is -2.27. The van der Waals surface area contributed by atoms with Gasteiger partial charge in [0, 0.05) is 37.1 Å². The van der Waals surface area contributed by atoms with E-state index in [0.29, 0.717) is 11.6 Å². The summed E-state index contributed by atoms with van der Waals surface area (Å²) in [6.07, 6.45) is 6.15. The van der Waals surface area contributed by atoms with Crippen molar-refractivity contribution in [3.05, 3.63) is 30.1 Å². The van der Waals surface area contributed by atoms with Gasteiger partial charge >= 0.3 is 0 Å². The van der Waals surface area contributed by atoms with Crippen molar-refractivity contribution < 1.29 is 0 Å². The molecule has 2 N–H and O–H groups in total. The lowest BCUT2D eigenvalue weighted by Crippen LogP contribution is -2.50. The van der Waals surface area contributed by atoms with Crippen LogP contribution in [0.25, 0.3) is 0 Å². The van der Waals surface area contributed by atoms with Crippen molar-refractivity contribution in [2.75, 3.05) is 13.1 Å². The fourth-order valence-corrected chi connectivity index (χ4v) is 2.66. The molecule has 0 aromatic carbocycles. The third-order valence-electron chi connectivity index (χ3n) is 3.38. The Labute approximate surface area is 83.9 Å². The summed E-state index contributed by atoms with van der Waals surface area (Å²) in [5, 5.41) is 7.17. The molecule has 0 saturated carbocycles. The molecule has 2 aliphatic rings. The lowest BCUT2D eigenvalue weighted by atomic mass is 9.92. The maximum absolute atomic E-state index is 4.04. The van der Waals surface area contributed by atoms with Crippen LogP contribution in [-0.2, 0) is 6.42 Å². The summed E-state index contributed by atoms with van der Waals surface area (Å²) in [5.41, 5.74) is 1.71. The van der Waals surface area contributed by atoms with Crippen LogP contribution in [0.15, 0.2) is 24.5 Å². The van der Waals surface area contributed by atoms with E-state index in [9.17, 15) is 0 Å². The van der Waals surface area contributed by atoms with Crippen LogP contribution in [-0.4, -0.2) is 29.7 Å². The lowest BCUT2D eigenvalue weighted by molar-refractivity contribution is 0.377. The Morgan fingerprint density at radius 1 is 1.43 bits per heavy atom. The predicted molar refractivity (Wildman–Crippen MR) is 55.1 cm³/mol. The van der Waals surface area contributed by atoms with Gasteiger partial charge in [-0.2, -0.15) is 0 Å². The van der Waals surface area contributed by atoms with E-state index in [1.807, 2.05) is 12.4 Å². The molecular formula is C11H15N3. The molecule has 0 radical (unpaired) electrons. The summed E-state index contributed by atoms with van der Waals surface area (Å²) in [6.45, 7) is 2.24. The Balaban J connectivity index is 1.78. The summed E-state index contributed by atoms with van der Waals surface area (Å²) < 4.78 is 0. The highest BCUT2D eigenvalue weighted by Gasteiger charge is 2.44. The van der Waals surface area contributed by atoms with Crippen LogP contribution < -0.4 is 10.6 Å². The number of aromatic nitrogens is 1. The largest absolute Gasteiger partial charge is 0.311 e. The van der Waals surface area contributed by atoms with E-state index in [1.54, 1.807) is 0 Å². The molecule has 0 spiro atoms. The molecule has 2 aliphatic heterocycles. The minimum absolute atomic E-state index is 0.325. The first kappa shape index (κ1) is 8.38. The molecule has 2 unspecified atom stereocenters. The number of hydrogen-bond acceptors (Lipinski definition) is 3. The fourth-order valence-electron chi connectivity index (χ4n) is 2.66. The van der Waals surface area contributed by atoms with Crippen LogP contribution >= 0.6 is 0 Å². The molecule has 3 heterocycles. The van der Waals surface area contributed by atoms with E-state index in [1.165, 1.54) is 12.0 Å². The number of piperazine rings is 1. The second kappa shape index (κ2) is 3.04. The molecule has 1 aromatic rings. The average molecular weight is 189 g/mol. The smallest absolute Gasteiger partial charge is 0.0362 e. The average Bonchev–Trinajstić information content (AvgIpc) is 2.78. The number of nitrogens with one attached hydrogen (secondary N) is 2. The van der Waals surface area contributed by atoms with E-state index < -0.39 is 0 Å². The second-order valence-electron chi connectivity index (χ2n) is 4.48. The van der Waals surface area contributed by atoms with Gasteiger partial charge in [-0.25, -0.2) is 0 Å². The monoisotopic (exact) mass is 189 g/mol. The van der Waals surface area contributed by atoms with Crippen LogP contribution in [0.5, 0.6) is 0 Å². The zero-order chi connectivity index (χ0) is 9.43. The topological polar surface area (TPSA) is 37.0 Å². The van der Waals surface area contributed by atoms with E-state index in [4.69, 9.17) is 0 Å². The van der Waals surface area contributed by atoms with Crippen molar-refractivity contribution >= 4 is 0 Å². The van der Waals surface area contributed by atoms with Gasteiger partial charge in [-0.3, -0.25) is 4.98 Å². The van der Waals surface area contributed by atoms with E-state index in [-0.39, 0.29) is 0 Å². The zero-order valence-electron chi connectivity index (χ0n) is 8.16. The molecule has 2 atom stereocenters. The van der Waals surface area contributed by atoms with Crippen molar-refractivity contribution in [3.8, 4) is 0 Å². The quantitative estimate of drug-likeness (QED) is 0.704. The Kier molecular flexibility index (Phi) is 1.82. The van der Waals surface area contributed by atoms with Crippen molar-refractivity contribution in [1.82, 2.24) is 15.6 Å². The Morgan fingerprint density at radius 2 is 2.29 bits per heavy atom. The zero-order valence-corrected chi connectivity index (χ0v) is 8.16. The highest BCUT2D eigenvalue weighted by molar-refractivity contribution is 5.19. The molecule has 14 heavy (non-hydrogen) atoms. The van der Waals surface area contributed by atoms with Gasteiger partial charge in [-0.15, -0.1) is 0 Å². The van der Waals surface area contributed by atoms with E-state index >= 15 is 0 Å². The fraction of sp³-hybridized carbons (Fsp3) is 0.545. The maximum atomic E-state index is 4.04. The van der Waals surface area contributed by atoms with Crippen LogP contribution in [0.1, 0.15) is 12.0 Å². The SMILES string of the molecule is c1cc(CC23CNC(CN2)C3)ccn1. The number of fused-ring (bicyclic) bond motifs is 2. The summed E-state index contributed by atoms with van der Waals surface area (Å²) in [7, 11) is 0. The van der Waals surface area contributed by atoms with Gasteiger partial charge in [0.1, 0.15) is 0 Å². The van der Waals surface area contributed by atoms with E-state index in [2.05, 4.69) is 27.8 Å². The Hall–Kier alpha value is -0.930. The van der Waals surface area contributed by atoms with Crippen molar-refractivity contribution in [2.24, 2.45) is 0 Å². The van der Waals surface area contributed by atoms with Gasteiger partial charge in [-0.05, 0) is 30.5 Å². The van der Waals surface area contributed by atoms with Crippen molar-refractivity contribution in [3.63, 3.8) is 0 Å². The molecule has 1 aromatic heterocycles. The van der Waals surface area contributed by atoms with Gasteiger partial charge in [0.05, 0.1) is 0 Å². The van der Waals surface area contributed by atoms with Crippen LogP contribution in [0.2, 0.25) is 0 Å². The van der Waals surface area contributed by atoms with Gasteiger partial charge in [0.15, 0.2) is 0 Å². The molecule has 2 fully saturated rings. The standard InChI is InChI=1S/C11H15N3/c1-3-12-4-2-9(1)5-11-6-10(7-14-11)13-8-11/h1-4,10,13-14H,5-8H2. The highest BCUT2D eigenvalue weighted by atomic mass is 15.2. The highest BCUT2D eigenvalue weighted by Crippen LogP contribution is 2.28. The molecule has 3 nitrogen and oxygen atoms in total. The second-order valence-corrected chi connectivity index (χ2v) is 4.48. The van der Waals surface area contributed by atoms with Gasteiger partial charge < -0.3 is 10.6 Å². The number of rotatable bonds is 2. The molecule has 0 aliphatic carbocycles. The first-order valence-electron chi connectivity index (χ1n) is 5.24. The minimum Gasteiger partial charge on any atom is -0.311 e. The number of hydrogen-bond donors (Lipinski definition) is 2. The van der Waals surface area contributed by atoms with Crippen LogP contribution in [0.3, 0.4) is 0 Å². The molecular weight excluding hydrogens is 174 g/mol. The summed E-state index contributed by atoms with van der Waals surface area (Å²) in [5.74, 6) is 0. The maximum Gasteiger partial charge on any atom is 0.0362 e. The van der Waals surface area contributed by atoms with Crippen LogP contribution in [0, 0.1) is 0 Å². The van der Waals surface area contributed by atoms with Crippen molar-refractivity contribution in [2.45, 2.75) is 24.4 Å². The first-order valence-corrected chi connectivity index (χ1v) is 5.24. The normalized spacial score (nSPS) is 35.0. The molecule has 3 heteroatoms. The molecule has 3 rings (SSSR count). The molecule has 0 amide bonds. The number of nitrogens with zero attached hydrogens (tertiary/aromatic N) is 1. The third-order valence-corrected chi connectivity index (χ3v) is 3.38. The van der Waals surface area contributed by atoms with E-state index in [0.717, 1.165) is 19.5 Å². The Bertz CT molecular complexity index is 315. The minimum atomic E-state index is 0.325. The van der Waals surface area contributed by atoms with Crippen molar-refractivity contribution in [1.29, 1.82) is 0 Å². The Morgan fingerprint density at radius 3 is 2.86 bits per heavy atom. The van der Waals surface area contributed by atoms with Gasteiger partial charge in [-0.1, -0.05) is 0 Å². The third kappa shape index (κ3) is 1.33. The molecule has 74 valence electrons. The number of pyridine rings is 1. The van der Waals surface area contributed by atoms with Crippen LogP contribution in [0.4, 0.5) is 0 Å². The summed E-state index contributed by atoms with van der Waals surface area (Å²) in [4.78, 5) is 4.04. The van der Waals surface area contributed by atoms with Gasteiger partial charge in [0.25, 0.3) is 0 Å². The molecule has 2 bridgehead atoms. The molecule has 2 saturated heterocycles. The summed E-state index contributed by atoms with van der Waals surface area (Å²) in [6, 6.07) is 4.93.